The average molecular weight is 409 g/mol. The Morgan fingerprint density at radius 2 is 2.18 bits per heavy atom. The van der Waals surface area contributed by atoms with Gasteiger partial charge in [0.15, 0.2) is 0 Å². The molecule has 2 rings (SSSR count). The lowest BCUT2D eigenvalue weighted by Gasteiger charge is -2.20. The van der Waals surface area contributed by atoms with Crippen molar-refractivity contribution >= 4 is 17.6 Å². The molecule has 1 fully saturated rings. The number of hydrogen-bond acceptors (Lipinski definition) is 3. The number of halogens is 1. The molecule has 28 heavy (non-hydrogen) atoms. The molecule has 0 aromatic heterocycles. The molecule has 0 bridgehead atoms. The number of aliphatic hydroxyl groups is 1. The van der Waals surface area contributed by atoms with Gasteiger partial charge in [-0.1, -0.05) is 36.2 Å². The summed E-state index contributed by atoms with van der Waals surface area (Å²) >= 11 is 5.96. The summed E-state index contributed by atoms with van der Waals surface area (Å²) in [5.41, 5.74) is 0. The van der Waals surface area contributed by atoms with Gasteiger partial charge in [0.25, 0.3) is 0 Å². The molecule has 0 unspecified atom stereocenters. The molecule has 156 valence electrons. The molecule has 0 amide bonds. The van der Waals surface area contributed by atoms with E-state index < -0.39 is 5.97 Å². The number of carbonyl (C=O) groups is 1. The highest BCUT2D eigenvalue weighted by Crippen LogP contribution is 2.37. The van der Waals surface area contributed by atoms with Gasteiger partial charge in [0.1, 0.15) is 5.75 Å². The van der Waals surface area contributed by atoms with Gasteiger partial charge in [0.2, 0.25) is 0 Å². The minimum Gasteiger partial charge on any atom is -0.493 e. The summed E-state index contributed by atoms with van der Waals surface area (Å²) in [5.74, 6) is 1.58. The summed E-state index contributed by atoms with van der Waals surface area (Å²) in [6.07, 6.45) is 13.0. The minimum absolute atomic E-state index is 0.160. The quantitative estimate of drug-likeness (QED) is 0.323. The van der Waals surface area contributed by atoms with Gasteiger partial charge in [-0.15, -0.1) is 0 Å². The molecular weight excluding hydrogens is 376 g/mol. The molecule has 1 saturated carbocycles. The molecule has 0 heterocycles. The van der Waals surface area contributed by atoms with Gasteiger partial charge in [-0.2, -0.15) is 0 Å². The summed E-state index contributed by atoms with van der Waals surface area (Å²) in [7, 11) is 0. The van der Waals surface area contributed by atoms with E-state index in [0.29, 0.717) is 29.9 Å². The monoisotopic (exact) mass is 408 g/mol. The van der Waals surface area contributed by atoms with Crippen LogP contribution >= 0.6 is 11.6 Å². The molecule has 1 aliphatic carbocycles. The van der Waals surface area contributed by atoms with Crippen LogP contribution in [0, 0.1) is 17.8 Å². The van der Waals surface area contributed by atoms with Gasteiger partial charge in [0, 0.05) is 18.1 Å². The molecule has 0 saturated heterocycles. The van der Waals surface area contributed by atoms with Crippen molar-refractivity contribution in [2.45, 2.75) is 57.8 Å². The number of aliphatic carboxylic acids is 1. The predicted octanol–water partition coefficient (Wildman–Crippen LogP) is 5.73. The highest BCUT2D eigenvalue weighted by atomic mass is 35.5. The lowest BCUT2D eigenvalue weighted by Crippen LogP contribution is -2.12. The van der Waals surface area contributed by atoms with E-state index >= 15 is 0 Å². The summed E-state index contributed by atoms with van der Waals surface area (Å²) in [4.78, 5) is 10.6. The van der Waals surface area contributed by atoms with E-state index in [1.165, 1.54) is 19.3 Å². The number of aliphatic hydroxyl groups excluding tert-OH is 1. The summed E-state index contributed by atoms with van der Waals surface area (Å²) in [5, 5.41) is 19.0. The van der Waals surface area contributed by atoms with Gasteiger partial charge in [0.05, 0.1) is 6.61 Å². The number of benzene rings is 1. The molecule has 4 nitrogen and oxygen atoms in total. The molecule has 2 N–H and O–H groups in total. The number of carboxylic acid groups (broad SMARTS) is 1. The molecule has 3 atom stereocenters. The van der Waals surface area contributed by atoms with Crippen LogP contribution in [0.4, 0.5) is 0 Å². The van der Waals surface area contributed by atoms with Crippen molar-refractivity contribution in [2.24, 2.45) is 17.8 Å². The number of carboxylic acids is 1. The topological polar surface area (TPSA) is 66.8 Å². The fourth-order valence-electron chi connectivity index (χ4n) is 4.07. The van der Waals surface area contributed by atoms with Crippen LogP contribution in [0.1, 0.15) is 57.8 Å². The molecule has 0 spiro atoms. The molecule has 0 aliphatic heterocycles. The predicted molar refractivity (Wildman–Crippen MR) is 113 cm³/mol. The molecule has 1 aliphatic rings. The van der Waals surface area contributed by atoms with Gasteiger partial charge >= 0.3 is 5.97 Å². The highest BCUT2D eigenvalue weighted by Gasteiger charge is 2.25. The Bertz CT molecular complexity index is 616. The normalized spacial score (nSPS) is 20.5. The second kappa shape index (κ2) is 12.8. The standard InChI is InChI=1S/C23H33ClO4/c24-21-10-5-11-22(16-21)28-15-2-1-7-19-8-4-9-20(19)14-13-18(17-25)6-3-12-23(26)27/h1,5,7,10-11,16,18-20,25H,2-4,6,8-9,12-15,17H2,(H,26,27)/b7-1+/t18-,19-,20+/m0/s1. The molecule has 1 aromatic carbocycles. The van der Waals surface area contributed by atoms with Gasteiger partial charge in [-0.3, -0.25) is 4.79 Å². The fourth-order valence-corrected chi connectivity index (χ4v) is 4.25. The summed E-state index contributed by atoms with van der Waals surface area (Å²) in [6, 6.07) is 7.46. The van der Waals surface area contributed by atoms with Crippen LogP contribution < -0.4 is 4.74 Å². The van der Waals surface area contributed by atoms with Crippen LogP contribution in [0.5, 0.6) is 5.75 Å². The van der Waals surface area contributed by atoms with E-state index in [1.807, 2.05) is 24.3 Å². The maximum absolute atomic E-state index is 10.6. The third kappa shape index (κ3) is 8.66. The Morgan fingerprint density at radius 1 is 1.32 bits per heavy atom. The Kier molecular flexibility index (Phi) is 10.4. The summed E-state index contributed by atoms with van der Waals surface area (Å²) < 4.78 is 5.72. The van der Waals surface area contributed by atoms with Gasteiger partial charge in [-0.25, -0.2) is 0 Å². The Labute approximate surface area is 173 Å². The highest BCUT2D eigenvalue weighted by molar-refractivity contribution is 6.30. The zero-order chi connectivity index (χ0) is 20.2. The first-order chi connectivity index (χ1) is 13.6. The van der Waals surface area contributed by atoms with Crippen molar-refractivity contribution in [1.82, 2.24) is 0 Å². The van der Waals surface area contributed by atoms with E-state index in [4.69, 9.17) is 21.4 Å². The van der Waals surface area contributed by atoms with Crippen LogP contribution in [-0.4, -0.2) is 29.4 Å². The lowest BCUT2D eigenvalue weighted by molar-refractivity contribution is -0.137. The smallest absolute Gasteiger partial charge is 0.303 e. The van der Waals surface area contributed by atoms with Crippen LogP contribution in [0.25, 0.3) is 0 Å². The molecule has 5 heteroatoms. The molecule has 1 aromatic rings. The Balaban J connectivity index is 1.66. The molecule has 0 radical (unpaired) electrons. The number of allylic oxidation sites excluding steroid dienone is 1. The van der Waals surface area contributed by atoms with Crippen LogP contribution in [0.15, 0.2) is 36.4 Å². The largest absolute Gasteiger partial charge is 0.493 e. The minimum atomic E-state index is -0.753. The molecular formula is C23H33ClO4. The number of ether oxygens (including phenoxy) is 1. The first kappa shape index (κ1) is 22.8. The lowest BCUT2D eigenvalue weighted by atomic mass is 9.86. The van der Waals surface area contributed by atoms with Crippen LogP contribution in [-0.2, 0) is 4.79 Å². The van der Waals surface area contributed by atoms with E-state index in [9.17, 15) is 9.90 Å². The average Bonchev–Trinajstić information content (AvgIpc) is 3.11. The van der Waals surface area contributed by atoms with E-state index in [2.05, 4.69) is 12.2 Å². The van der Waals surface area contributed by atoms with Crippen molar-refractivity contribution in [1.29, 1.82) is 0 Å². The van der Waals surface area contributed by atoms with Gasteiger partial charge < -0.3 is 14.9 Å². The van der Waals surface area contributed by atoms with Crippen molar-refractivity contribution in [3.05, 3.63) is 41.4 Å². The zero-order valence-electron chi connectivity index (χ0n) is 16.6. The van der Waals surface area contributed by atoms with Gasteiger partial charge in [-0.05, 0) is 80.9 Å². The summed E-state index contributed by atoms with van der Waals surface area (Å²) in [6.45, 7) is 0.804. The van der Waals surface area contributed by atoms with E-state index in [0.717, 1.165) is 31.4 Å². The first-order valence-corrected chi connectivity index (χ1v) is 10.8. The zero-order valence-corrected chi connectivity index (χ0v) is 17.3. The van der Waals surface area contributed by atoms with E-state index in [-0.39, 0.29) is 18.9 Å². The maximum atomic E-state index is 10.6. The SMILES string of the molecule is O=C(O)CCC[C@H](CO)CC[C@H]1CCC[C@@H]1/C=C/CCOc1cccc(Cl)c1. The fraction of sp³-hybridized carbons (Fsp3) is 0.609. The van der Waals surface area contributed by atoms with Crippen molar-refractivity contribution in [3.63, 3.8) is 0 Å². The second-order valence-corrected chi connectivity index (χ2v) is 8.23. The maximum Gasteiger partial charge on any atom is 0.303 e. The Morgan fingerprint density at radius 3 is 2.93 bits per heavy atom. The van der Waals surface area contributed by atoms with Crippen molar-refractivity contribution in [2.75, 3.05) is 13.2 Å². The van der Waals surface area contributed by atoms with Crippen LogP contribution in [0.3, 0.4) is 0 Å². The third-order valence-electron chi connectivity index (χ3n) is 5.66. The van der Waals surface area contributed by atoms with E-state index in [1.54, 1.807) is 0 Å². The Hall–Kier alpha value is -1.52. The van der Waals surface area contributed by atoms with Crippen molar-refractivity contribution in [3.8, 4) is 5.75 Å². The third-order valence-corrected chi connectivity index (χ3v) is 5.89. The number of hydrogen-bond donors (Lipinski definition) is 2. The second-order valence-electron chi connectivity index (χ2n) is 7.79. The van der Waals surface area contributed by atoms with Crippen LogP contribution in [0.2, 0.25) is 5.02 Å². The van der Waals surface area contributed by atoms with Crippen molar-refractivity contribution < 1.29 is 19.7 Å². The first-order valence-electron chi connectivity index (χ1n) is 10.5. The number of rotatable bonds is 13.